The van der Waals surface area contributed by atoms with Crippen LogP contribution in [0, 0.1) is 5.41 Å². The van der Waals surface area contributed by atoms with E-state index in [0.29, 0.717) is 26.2 Å². The van der Waals surface area contributed by atoms with Gasteiger partial charge in [-0.1, -0.05) is 34.1 Å². The Kier molecular flexibility index (Phi) is 9.56. The number of carbonyl (C=O) groups excluding carboxylic acids is 2. The fourth-order valence-corrected chi connectivity index (χ4v) is 2.89. The highest BCUT2D eigenvalue weighted by atomic mass is 16.5. The Balaban J connectivity index is 2.88. The Morgan fingerprint density at radius 3 is 2.33 bits per heavy atom. The van der Waals surface area contributed by atoms with Crippen LogP contribution in [0.4, 0.5) is 0 Å². The molecule has 1 heterocycles. The summed E-state index contributed by atoms with van der Waals surface area (Å²) < 4.78 is 7.14. The Labute approximate surface area is 164 Å². The van der Waals surface area contributed by atoms with Crippen LogP contribution in [0.1, 0.15) is 52.7 Å². The number of amides is 2. The van der Waals surface area contributed by atoms with Crippen LogP contribution < -0.4 is 0 Å². The lowest BCUT2D eigenvalue weighted by Crippen LogP contribution is -2.47. The molecule has 1 rings (SSSR count). The molecule has 6 nitrogen and oxygen atoms in total. The van der Waals surface area contributed by atoms with Gasteiger partial charge in [-0.2, -0.15) is 0 Å². The number of nitrogens with zero attached hydrogens (tertiary/aromatic N) is 3. The number of hydrogen-bond donors (Lipinski definition) is 0. The Hall–Kier alpha value is -1.82. The van der Waals surface area contributed by atoms with Crippen LogP contribution in [0.3, 0.4) is 0 Å². The summed E-state index contributed by atoms with van der Waals surface area (Å²) in [5.41, 5.74) is 0.576. The zero-order chi connectivity index (χ0) is 20.4. The molecule has 0 radical (unpaired) electrons. The summed E-state index contributed by atoms with van der Waals surface area (Å²) in [6.07, 6.45) is 4.68. The van der Waals surface area contributed by atoms with Gasteiger partial charge in [-0.15, -0.1) is 0 Å². The molecule has 0 aromatic carbocycles. The smallest absolute Gasteiger partial charge is 0.242 e. The number of rotatable bonds is 11. The molecule has 0 saturated heterocycles. The quantitative estimate of drug-likeness (QED) is 0.555. The molecule has 0 N–H and O–H groups in total. The highest BCUT2D eigenvalue weighted by Crippen LogP contribution is 2.18. The van der Waals surface area contributed by atoms with Gasteiger partial charge in [-0.05, 0) is 25.0 Å². The lowest BCUT2D eigenvalue weighted by molar-refractivity contribution is -0.146. The molecule has 1 aromatic rings. The largest absolute Gasteiger partial charge is 0.385 e. The van der Waals surface area contributed by atoms with E-state index in [2.05, 4.69) is 6.92 Å². The zero-order valence-corrected chi connectivity index (χ0v) is 18.0. The Bertz CT molecular complexity index is 590. The van der Waals surface area contributed by atoms with Crippen molar-refractivity contribution in [2.24, 2.45) is 12.5 Å². The van der Waals surface area contributed by atoms with Gasteiger partial charge < -0.3 is 19.1 Å². The minimum atomic E-state index is -0.514. The highest BCUT2D eigenvalue weighted by Gasteiger charge is 2.29. The van der Waals surface area contributed by atoms with Gasteiger partial charge in [0, 0.05) is 51.2 Å². The van der Waals surface area contributed by atoms with Crippen LogP contribution in [0.2, 0.25) is 0 Å². The normalized spacial score (nSPS) is 11.5. The van der Waals surface area contributed by atoms with Crippen molar-refractivity contribution in [3.8, 4) is 0 Å². The molecule has 0 spiro atoms. The second-order valence-corrected chi connectivity index (χ2v) is 8.10. The molecule has 2 amide bonds. The first kappa shape index (κ1) is 23.2. The minimum Gasteiger partial charge on any atom is -0.385 e. The van der Waals surface area contributed by atoms with Gasteiger partial charge in [0.05, 0.1) is 13.1 Å². The maximum atomic E-state index is 13.1. The standard InChI is InChI=1S/C21H37N3O3/c1-7-8-13-23(16-18-11-9-12-22(18)5)19(25)17-24(14-10-15-27-6)20(26)21(2,3)4/h9,11-12H,7-8,10,13-17H2,1-6H3. The summed E-state index contributed by atoms with van der Waals surface area (Å²) in [4.78, 5) is 29.4. The lowest BCUT2D eigenvalue weighted by atomic mass is 9.94. The highest BCUT2D eigenvalue weighted by molar-refractivity contribution is 5.87. The average Bonchev–Trinajstić information content (AvgIpc) is 3.01. The molecule has 0 aliphatic carbocycles. The topological polar surface area (TPSA) is 54.8 Å². The van der Waals surface area contributed by atoms with Gasteiger partial charge in [0.25, 0.3) is 0 Å². The van der Waals surface area contributed by atoms with Crippen molar-refractivity contribution in [3.05, 3.63) is 24.0 Å². The van der Waals surface area contributed by atoms with Crippen molar-refractivity contribution in [1.29, 1.82) is 0 Å². The third-order valence-electron chi connectivity index (χ3n) is 4.57. The summed E-state index contributed by atoms with van der Waals surface area (Å²) >= 11 is 0. The van der Waals surface area contributed by atoms with E-state index >= 15 is 0 Å². The fourth-order valence-electron chi connectivity index (χ4n) is 2.89. The van der Waals surface area contributed by atoms with Crippen LogP contribution in [-0.4, -0.2) is 59.5 Å². The Morgan fingerprint density at radius 2 is 1.81 bits per heavy atom. The van der Waals surface area contributed by atoms with Crippen LogP contribution in [-0.2, 0) is 27.9 Å². The van der Waals surface area contributed by atoms with Crippen LogP contribution in [0.15, 0.2) is 18.3 Å². The van der Waals surface area contributed by atoms with E-state index in [1.165, 1.54) is 0 Å². The molecule has 154 valence electrons. The lowest BCUT2D eigenvalue weighted by Gasteiger charge is -2.31. The van der Waals surface area contributed by atoms with Crippen molar-refractivity contribution in [2.45, 2.75) is 53.5 Å². The number of methoxy groups -OCH3 is 1. The summed E-state index contributed by atoms with van der Waals surface area (Å²) in [5.74, 6) is 0.000859. The monoisotopic (exact) mass is 379 g/mol. The second kappa shape index (κ2) is 11.1. The van der Waals surface area contributed by atoms with Crippen molar-refractivity contribution in [1.82, 2.24) is 14.4 Å². The molecular formula is C21H37N3O3. The van der Waals surface area contributed by atoms with Crippen LogP contribution >= 0.6 is 0 Å². The first-order valence-corrected chi connectivity index (χ1v) is 9.87. The van der Waals surface area contributed by atoms with Gasteiger partial charge >= 0.3 is 0 Å². The third-order valence-corrected chi connectivity index (χ3v) is 4.57. The number of ether oxygens (including phenoxy) is 1. The predicted octanol–water partition coefficient (Wildman–Crippen LogP) is 3.07. The molecule has 0 atom stereocenters. The molecule has 27 heavy (non-hydrogen) atoms. The maximum Gasteiger partial charge on any atom is 0.242 e. The number of aromatic nitrogens is 1. The average molecular weight is 380 g/mol. The van der Waals surface area contributed by atoms with Gasteiger partial charge in [0.2, 0.25) is 11.8 Å². The first-order valence-electron chi connectivity index (χ1n) is 9.87. The van der Waals surface area contributed by atoms with E-state index in [1.807, 2.05) is 55.6 Å². The number of carbonyl (C=O) groups is 2. The number of hydrogen-bond acceptors (Lipinski definition) is 3. The van der Waals surface area contributed by atoms with Gasteiger partial charge in [-0.25, -0.2) is 0 Å². The first-order chi connectivity index (χ1) is 12.7. The van der Waals surface area contributed by atoms with Gasteiger partial charge in [0.1, 0.15) is 0 Å². The molecule has 0 aliphatic rings. The van der Waals surface area contributed by atoms with Crippen molar-refractivity contribution >= 4 is 11.8 Å². The molecule has 0 aliphatic heterocycles. The van der Waals surface area contributed by atoms with Crippen molar-refractivity contribution in [2.75, 3.05) is 33.4 Å². The van der Waals surface area contributed by atoms with E-state index in [1.54, 1.807) is 12.0 Å². The maximum absolute atomic E-state index is 13.1. The number of unbranched alkanes of at least 4 members (excludes halogenated alkanes) is 1. The molecule has 0 fully saturated rings. The van der Waals surface area contributed by atoms with Crippen LogP contribution in [0.25, 0.3) is 0 Å². The second-order valence-electron chi connectivity index (χ2n) is 8.10. The minimum absolute atomic E-state index is 0.000308. The molecule has 0 unspecified atom stereocenters. The zero-order valence-electron chi connectivity index (χ0n) is 18.0. The van der Waals surface area contributed by atoms with Crippen molar-refractivity contribution in [3.63, 3.8) is 0 Å². The van der Waals surface area contributed by atoms with Crippen molar-refractivity contribution < 1.29 is 14.3 Å². The molecule has 6 heteroatoms. The molecule has 1 aromatic heterocycles. The van der Waals surface area contributed by atoms with E-state index in [0.717, 1.165) is 25.0 Å². The van der Waals surface area contributed by atoms with Crippen LogP contribution in [0.5, 0.6) is 0 Å². The summed E-state index contributed by atoms with van der Waals surface area (Å²) in [7, 11) is 3.63. The summed E-state index contributed by atoms with van der Waals surface area (Å²) in [6, 6.07) is 4.01. The SMILES string of the molecule is CCCCN(Cc1cccn1C)C(=O)CN(CCCOC)C(=O)C(C)(C)C. The molecular weight excluding hydrogens is 342 g/mol. The van der Waals surface area contributed by atoms with E-state index in [-0.39, 0.29) is 18.4 Å². The number of aryl methyl sites for hydroxylation is 1. The Morgan fingerprint density at radius 1 is 1.15 bits per heavy atom. The summed E-state index contributed by atoms with van der Waals surface area (Å²) in [6.45, 7) is 10.3. The van der Waals surface area contributed by atoms with E-state index in [9.17, 15) is 9.59 Å². The fraction of sp³-hybridized carbons (Fsp3) is 0.714. The molecule has 0 bridgehead atoms. The molecule has 0 saturated carbocycles. The third kappa shape index (κ3) is 7.75. The van der Waals surface area contributed by atoms with E-state index < -0.39 is 5.41 Å². The predicted molar refractivity (Wildman–Crippen MR) is 108 cm³/mol. The van der Waals surface area contributed by atoms with E-state index in [4.69, 9.17) is 4.74 Å². The summed E-state index contributed by atoms with van der Waals surface area (Å²) in [5, 5.41) is 0. The van der Waals surface area contributed by atoms with Gasteiger partial charge in [0.15, 0.2) is 0 Å². The van der Waals surface area contributed by atoms with Gasteiger partial charge in [-0.3, -0.25) is 9.59 Å².